The van der Waals surface area contributed by atoms with Gasteiger partial charge in [0.15, 0.2) is 0 Å². The third kappa shape index (κ3) is 3.38. The van der Waals surface area contributed by atoms with E-state index in [9.17, 15) is 4.79 Å². The summed E-state index contributed by atoms with van der Waals surface area (Å²) in [5, 5.41) is 11.4. The highest BCUT2D eigenvalue weighted by atomic mass is 35.5. The van der Waals surface area contributed by atoms with E-state index in [4.69, 9.17) is 28.5 Å². The Bertz CT molecular complexity index is 448. The maximum atomic E-state index is 11.7. The molecular formula is C10H10Cl2N2OS. The van der Waals surface area contributed by atoms with Crippen molar-refractivity contribution < 1.29 is 4.79 Å². The van der Waals surface area contributed by atoms with Crippen molar-refractivity contribution in [2.75, 3.05) is 6.54 Å². The smallest absolute Gasteiger partial charge is 0.253 e. The molecule has 0 aliphatic heterocycles. The molecule has 86 valence electrons. The molecular weight excluding hydrogens is 267 g/mol. The summed E-state index contributed by atoms with van der Waals surface area (Å²) < 4.78 is 0.826. The first-order valence-corrected chi connectivity index (χ1v) is 6.07. The molecule has 0 unspecified atom stereocenters. The van der Waals surface area contributed by atoms with Crippen molar-refractivity contribution in [1.82, 2.24) is 5.32 Å². The Hall–Kier alpha value is -0.760. The van der Waals surface area contributed by atoms with Crippen LogP contribution >= 0.6 is 34.5 Å². The van der Waals surface area contributed by atoms with Gasteiger partial charge in [0.25, 0.3) is 5.91 Å². The second-order valence-corrected chi connectivity index (χ2v) is 6.20. The van der Waals surface area contributed by atoms with E-state index in [1.807, 2.05) is 0 Å². The molecule has 3 nitrogen and oxygen atoms in total. The number of thiophene rings is 1. The highest BCUT2D eigenvalue weighted by Gasteiger charge is 2.20. The minimum absolute atomic E-state index is 0.270. The molecule has 0 fully saturated rings. The molecule has 0 aromatic carbocycles. The molecule has 0 aliphatic rings. The number of hydrogen-bond acceptors (Lipinski definition) is 3. The molecule has 0 bridgehead atoms. The summed E-state index contributed by atoms with van der Waals surface area (Å²) in [4.78, 5) is 11.7. The Kier molecular flexibility index (Phi) is 4.20. The van der Waals surface area contributed by atoms with Crippen LogP contribution in [0.2, 0.25) is 8.67 Å². The average molecular weight is 277 g/mol. The first kappa shape index (κ1) is 13.3. The van der Waals surface area contributed by atoms with E-state index in [1.165, 1.54) is 6.07 Å². The third-order valence-corrected chi connectivity index (χ3v) is 3.38. The maximum absolute atomic E-state index is 11.7. The van der Waals surface area contributed by atoms with Gasteiger partial charge < -0.3 is 5.32 Å². The van der Waals surface area contributed by atoms with Crippen LogP contribution < -0.4 is 5.32 Å². The van der Waals surface area contributed by atoms with Crippen molar-refractivity contribution in [3.8, 4) is 6.07 Å². The Morgan fingerprint density at radius 3 is 2.69 bits per heavy atom. The Balaban J connectivity index is 2.68. The zero-order chi connectivity index (χ0) is 12.3. The summed E-state index contributed by atoms with van der Waals surface area (Å²) in [6.07, 6.45) is 0. The highest BCUT2D eigenvalue weighted by Crippen LogP contribution is 2.31. The summed E-state index contributed by atoms with van der Waals surface area (Å²) in [5.74, 6) is -0.309. The van der Waals surface area contributed by atoms with Crippen molar-refractivity contribution in [2.24, 2.45) is 5.41 Å². The quantitative estimate of drug-likeness (QED) is 0.921. The topological polar surface area (TPSA) is 52.9 Å². The Labute approximate surface area is 108 Å². The second-order valence-electron chi connectivity index (χ2n) is 3.92. The van der Waals surface area contributed by atoms with Crippen LogP contribution in [0.15, 0.2) is 6.07 Å². The second kappa shape index (κ2) is 5.05. The molecule has 1 N–H and O–H groups in total. The van der Waals surface area contributed by atoms with Crippen LogP contribution in [0, 0.1) is 16.7 Å². The molecule has 1 rings (SSSR count). The fraction of sp³-hybridized carbons (Fsp3) is 0.400. The van der Waals surface area contributed by atoms with Gasteiger partial charge in [-0.1, -0.05) is 23.2 Å². The molecule has 16 heavy (non-hydrogen) atoms. The van der Waals surface area contributed by atoms with Gasteiger partial charge in [-0.25, -0.2) is 0 Å². The molecule has 0 aliphatic carbocycles. The Morgan fingerprint density at radius 1 is 1.62 bits per heavy atom. The van der Waals surface area contributed by atoms with E-state index in [0.29, 0.717) is 14.2 Å². The van der Waals surface area contributed by atoms with Crippen LogP contribution in [0.5, 0.6) is 0 Å². The molecule has 1 aromatic heterocycles. The van der Waals surface area contributed by atoms with Crippen LogP contribution in [0.4, 0.5) is 0 Å². The van der Waals surface area contributed by atoms with Crippen molar-refractivity contribution >= 4 is 40.4 Å². The van der Waals surface area contributed by atoms with Gasteiger partial charge >= 0.3 is 0 Å². The van der Waals surface area contributed by atoms with Gasteiger partial charge in [-0.2, -0.15) is 5.26 Å². The lowest BCUT2D eigenvalue weighted by Gasteiger charge is -2.15. The number of nitriles is 1. The fourth-order valence-corrected chi connectivity index (χ4v) is 2.39. The van der Waals surface area contributed by atoms with Gasteiger partial charge in [-0.3, -0.25) is 4.79 Å². The molecule has 0 saturated carbocycles. The minimum Gasteiger partial charge on any atom is -0.350 e. The van der Waals surface area contributed by atoms with Crippen LogP contribution in [0.25, 0.3) is 0 Å². The van der Waals surface area contributed by atoms with Crippen LogP contribution in [0.3, 0.4) is 0 Å². The van der Waals surface area contributed by atoms with Gasteiger partial charge in [0.2, 0.25) is 0 Å². The summed E-state index contributed by atoms with van der Waals surface area (Å²) in [7, 11) is 0. The molecule has 0 radical (unpaired) electrons. The van der Waals surface area contributed by atoms with Crippen LogP contribution in [0.1, 0.15) is 24.2 Å². The monoisotopic (exact) mass is 276 g/mol. The maximum Gasteiger partial charge on any atom is 0.253 e. The van der Waals surface area contributed by atoms with E-state index in [0.717, 1.165) is 11.3 Å². The molecule has 1 heterocycles. The molecule has 0 atom stereocenters. The van der Waals surface area contributed by atoms with E-state index >= 15 is 0 Å². The first-order chi connectivity index (χ1) is 7.35. The summed E-state index contributed by atoms with van der Waals surface area (Å²) in [6, 6.07) is 3.61. The van der Waals surface area contributed by atoms with Crippen molar-refractivity contribution in [2.45, 2.75) is 13.8 Å². The lowest BCUT2D eigenvalue weighted by molar-refractivity contribution is 0.0944. The molecule has 1 amide bonds. The van der Waals surface area contributed by atoms with Crippen LogP contribution in [-0.4, -0.2) is 12.5 Å². The standard InChI is InChI=1S/C10H10Cl2N2OS/c1-10(2,4-13)5-14-9(15)6-3-7(11)16-8(6)12/h3H,5H2,1-2H3,(H,14,15). The number of nitrogens with zero attached hydrogens (tertiary/aromatic N) is 1. The fourth-order valence-electron chi connectivity index (χ4n) is 0.931. The van der Waals surface area contributed by atoms with Crippen molar-refractivity contribution in [3.05, 3.63) is 20.3 Å². The normalized spacial score (nSPS) is 10.9. The summed E-state index contributed by atoms with van der Waals surface area (Å²) >= 11 is 12.7. The van der Waals surface area contributed by atoms with E-state index in [1.54, 1.807) is 13.8 Å². The van der Waals surface area contributed by atoms with Gasteiger partial charge in [-0.05, 0) is 19.9 Å². The lowest BCUT2D eigenvalue weighted by Crippen LogP contribution is -2.33. The molecule has 0 saturated heterocycles. The number of hydrogen-bond donors (Lipinski definition) is 1. The predicted octanol–water partition coefficient (Wildman–Crippen LogP) is 3.33. The first-order valence-electron chi connectivity index (χ1n) is 4.50. The van der Waals surface area contributed by atoms with Crippen LogP contribution in [-0.2, 0) is 0 Å². The number of rotatable bonds is 3. The zero-order valence-electron chi connectivity index (χ0n) is 8.80. The van der Waals surface area contributed by atoms with Gasteiger partial charge in [-0.15, -0.1) is 11.3 Å². The van der Waals surface area contributed by atoms with E-state index in [2.05, 4.69) is 11.4 Å². The predicted molar refractivity (Wildman–Crippen MR) is 66.1 cm³/mol. The molecule has 0 spiro atoms. The molecule has 6 heteroatoms. The summed E-state index contributed by atoms with van der Waals surface area (Å²) in [5.41, 5.74) is -0.243. The third-order valence-electron chi connectivity index (χ3n) is 1.89. The lowest BCUT2D eigenvalue weighted by atomic mass is 9.96. The number of carbonyl (C=O) groups is 1. The van der Waals surface area contributed by atoms with E-state index in [-0.39, 0.29) is 12.5 Å². The number of carbonyl (C=O) groups excluding carboxylic acids is 1. The largest absolute Gasteiger partial charge is 0.350 e. The van der Waals surface area contributed by atoms with E-state index < -0.39 is 5.41 Å². The van der Waals surface area contributed by atoms with Gasteiger partial charge in [0, 0.05) is 6.54 Å². The SMILES string of the molecule is CC(C)(C#N)CNC(=O)c1cc(Cl)sc1Cl. The number of amides is 1. The zero-order valence-corrected chi connectivity index (χ0v) is 11.1. The van der Waals surface area contributed by atoms with Crippen molar-refractivity contribution in [3.63, 3.8) is 0 Å². The molecule has 1 aromatic rings. The minimum atomic E-state index is -0.595. The Morgan fingerprint density at radius 2 is 2.25 bits per heavy atom. The average Bonchev–Trinajstić information content (AvgIpc) is 2.54. The number of halogens is 2. The van der Waals surface area contributed by atoms with Crippen molar-refractivity contribution in [1.29, 1.82) is 5.26 Å². The summed E-state index contributed by atoms with van der Waals surface area (Å²) in [6.45, 7) is 3.76. The van der Waals surface area contributed by atoms with Gasteiger partial charge in [0.1, 0.15) is 4.34 Å². The van der Waals surface area contributed by atoms with Gasteiger partial charge in [0.05, 0.1) is 21.4 Å². The highest BCUT2D eigenvalue weighted by molar-refractivity contribution is 7.20. The number of nitrogens with one attached hydrogen (secondary N) is 1.